The summed E-state index contributed by atoms with van der Waals surface area (Å²) in [6.45, 7) is -0.468. The summed E-state index contributed by atoms with van der Waals surface area (Å²) in [5, 5.41) is 8.40. The smallest absolute Gasteiger partial charge is 0.156 e. The fourth-order valence-electron chi connectivity index (χ4n) is 1.11. The first-order valence-corrected chi connectivity index (χ1v) is 6.40. The second-order valence-corrected chi connectivity index (χ2v) is 5.62. The molecule has 0 fully saturated rings. The second kappa shape index (κ2) is 4.92. The monoisotopic (exact) mass is 252 g/mol. The number of aliphatic hydroxyl groups excluding tert-OH is 1. The molecule has 0 aliphatic carbocycles. The van der Waals surface area contributed by atoms with Crippen molar-refractivity contribution in [2.24, 2.45) is 0 Å². The first-order valence-electron chi connectivity index (χ1n) is 4.20. The Labute approximate surface area is 92.4 Å². The highest BCUT2D eigenvalue weighted by Gasteiger charge is 2.15. The fourth-order valence-corrected chi connectivity index (χ4v) is 2.42. The van der Waals surface area contributed by atoms with Crippen LogP contribution in [0.4, 0.5) is 4.39 Å². The van der Waals surface area contributed by atoms with E-state index in [1.807, 2.05) is 0 Å². The van der Waals surface area contributed by atoms with Crippen molar-refractivity contribution < 1.29 is 17.9 Å². The normalized spacial score (nSPS) is 11.7. The van der Waals surface area contributed by atoms with E-state index >= 15 is 0 Å². The van der Waals surface area contributed by atoms with Crippen LogP contribution in [-0.4, -0.2) is 25.9 Å². The molecule has 0 atom stereocenters. The molecule has 0 unspecified atom stereocenters. The number of benzene rings is 1. The van der Waals surface area contributed by atoms with Gasteiger partial charge in [-0.2, -0.15) is 0 Å². The molecule has 6 heteroatoms. The molecule has 1 aromatic rings. The molecule has 84 valence electrons. The first-order chi connectivity index (χ1) is 6.96. The Hall–Kier alpha value is -0.650. The van der Waals surface area contributed by atoms with E-state index in [9.17, 15) is 12.8 Å². The van der Waals surface area contributed by atoms with Crippen LogP contribution in [0.2, 0.25) is 5.02 Å². The van der Waals surface area contributed by atoms with Gasteiger partial charge in [0.25, 0.3) is 0 Å². The topological polar surface area (TPSA) is 54.4 Å². The highest BCUT2D eigenvalue weighted by atomic mass is 35.5. The number of sulfone groups is 1. The molecule has 3 nitrogen and oxygen atoms in total. The highest BCUT2D eigenvalue weighted by Crippen LogP contribution is 2.19. The van der Waals surface area contributed by atoms with E-state index in [-0.39, 0.29) is 16.3 Å². The molecule has 1 aromatic carbocycles. The minimum atomic E-state index is -3.47. The Bertz CT molecular complexity index is 445. The van der Waals surface area contributed by atoms with Gasteiger partial charge in [-0.3, -0.25) is 0 Å². The zero-order valence-electron chi connectivity index (χ0n) is 7.78. The van der Waals surface area contributed by atoms with Crippen molar-refractivity contribution in [1.82, 2.24) is 0 Å². The number of hydrogen-bond donors (Lipinski definition) is 1. The van der Waals surface area contributed by atoms with Crippen molar-refractivity contribution in [1.29, 1.82) is 0 Å². The molecule has 0 heterocycles. The van der Waals surface area contributed by atoms with Crippen LogP contribution in [0.1, 0.15) is 5.56 Å². The van der Waals surface area contributed by atoms with Crippen LogP contribution >= 0.6 is 11.6 Å². The number of halogens is 2. The average Bonchev–Trinajstić information content (AvgIpc) is 2.12. The van der Waals surface area contributed by atoms with Crippen molar-refractivity contribution in [3.05, 3.63) is 34.6 Å². The fraction of sp³-hybridized carbons (Fsp3) is 0.333. The summed E-state index contributed by atoms with van der Waals surface area (Å²) >= 11 is 5.50. The van der Waals surface area contributed by atoms with Gasteiger partial charge in [-0.05, 0) is 6.07 Å². The molecule has 1 N–H and O–H groups in total. The zero-order chi connectivity index (χ0) is 11.5. The third-order valence-corrected chi connectivity index (χ3v) is 3.66. The van der Waals surface area contributed by atoms with E-state index < -0.39 is 28.0 Å². The standard InChI is InChI=1S/C9H10ClFO3S/c10-8-3-1-2-7(9(8)11)6-15(13,14)5-4-12/h1-3,12H,4-6H2. The van der Waals surface area contributed by atoms with E-state index in [0.717, 1.165) is 0 Å². The molecule has 1 rings (SSSR count). The zero-order valence-corrected chi connectivity index (χ0v) is 9.35. The largest absolute Gasteiger partial charge is 0.395 e. The number of hydrogen-bond acceptors (Lipinski definition) is 3. The molecular weight excluding hydrogens is 243 g/mol. The van der Waals surface area contributed by atoms with Gasteiger partial charge in [0.15, 0.2) is 9.84 Å². The van der Waals surface area contributed by atoms with E-state index in [1.165, 1.54) is 18.2 Å². The molecule has 0 radical (unpaired) electrons. The van der Waals surface area contributed by atoms with Gasteiger partial charge < -0.3 is 5.11 Å². The quantitative estimate of drug-likeness (QED) is 0.881. The van der Waals surface area contributed by atoms with Crippen LogP contribution < -0.4 is 0 Å². The Balaban J connectivity index is 2.95. The van der Waals surface area contributed by atoms with Crippen LogP contribution in [0.3, 0.4) is 0 Å². The molecular formula is C9H10ClFO3S. The lowest BCUT2D eigenvalue weighted by atomic mass is 10.2. The van der Waals surface area contributed by atoms with Crippen molar-refractivity contribution >= 4 is 21.4 Å². The summed E-state index contributed by atoms with van der Waals surface area (Å²) in [7, 11) is -3.47. The van der Waals surface area contributed by atoms with E-state index in [1.54, 1.807) is 0 Å². The van der Waals surface area contributed by atoms with E-state index in [0.29, 0.717) is 0 Å². The van der Waals surface area contributed by atoms with Crippen molar-refractivity contribution in [3.63, 3.8) is 0 Å². The lowest BCUT2D eigenvalue weighted by molar-refractivity contribution is 0.319. The SMILES string of the molecule is O=S(=O)(CCO)Cc1cccc(Cl)c1F. The molecule has 0 bridgehead atoms. The molecule has 0 saturated heterocycles. The molecule has 0 saturated carbocycles. The van der Waals surface area contributed by atoms with Crippen LogP contribution in [0.15, 0.2) is 18.2 Å². The first kappa shape index (κ1) is 12.4. The van der Waals surface area contributed by atoms with E-state index in [2.05, 4.69) is 0 Å². The Morgan fingerprint density at radius 3 is 2.67 bits per heavy atom. The maximum absolute atomic E-state index is 13.3. The van der Waals surface area contributed by atoms with Gasteiger partial charge in [-0.25, -0.2) is 12.8 Å². The second-order valence-electron chi connectivity index (χ2n) is 3.03. The van der Waals surface area contributed by atoms with Gasteiger partial charge in [0.05, 0.1) is 23.1 Å². The Kier molecular flexibility index (Phi) is 4.07. The summed E-state index contributed by atoms with van der Waals surface area (Å²) in [6.07, 6.45) is 0. The molecule has 15 heavy (non-hydrogen) atoms. The van der Waals surface area contributed by atoms with E-state index in [4.69, 9.17) is 16.7 Å². The van der Waals surface area contributed by atoms with Gasteiger partial charge in [0.1, 0.15) is 5.82 Å². The summed E-state index contributed by atoms with van der Waals surface area (Å²) in [5.41, 5.74) is 0.0240. The van der Waals surface area contributed by atoms with Crippen LogP contribution in [-0.2, 0) is 15.6 Å². The Morgan fingerprint density at radius 1 is 1.40 bits per heavy atom. The molecule has 0 aliphatic rings. The number of aliphatic hydroxyl groups is 1. The summed E-state index contributed by atoms with van der Waals surface area (Å²) in [4.78, 5) is 0. The van der Waals surface area contributed by atoms with Gasteiger partial charge in [0, 0.05) is 5.56 Å². The predicted octanol–water partition coefficient (Wildman–Crippen LogP) is 1.39. The summed E-state index contributed by atoms with van der Waals surface area (Å²) < 4.78 is 35.9. The highest BCUT2D eigenvalue weighted by molar-refractivity contribution is 7.90. The van der Waals surface area contributed by atoms with Crippen molar-refractivity contribution in [2.45, 2.75) is 5.75 Å². The van der Waals surface area contributed by atoms with Gasteiger partial charge in [0.2, 0.25) is 0 Å². The van der Waals surface area contributed by atoms with Gasteiger partial charge in [-0.1, -0.05) is 23.7 Å². The van der Waals surface area contributed by atoms with Gasteiger partial charge in [-0.15, -0.1) is 0 Å². The average molecular weight is 253 g/mol. The van der Waals surface area contributed by atoms with Crippen LogP contribution in [0.25, 0.3) is 0 Å². The van der Waals surface area contributed by atoms with Crippen molar-refractivity contribution in [3.8, 4) is 0 Å². The molecule has 0 aliphatic heterocycles. The van der Waals surface area contributed by atoms with Crippen molar-refractivity contribution in [2.75, 3.05) is 12.4 Å². The van der Waals surface area contributed by atoms with Crippen LogP contribution in [0, 0.1) is 5.82 Å². The predicted molar refractivity (Wildman–Crippen MR) is 56.0 cm³/mol. The molecule has 0 aromatic heterocycles. The molecule has 0 spiro atoms. The minimum Gasteiger partial charge on any atom is -0.395 e. The minimum absolute atomic E-state index is 0.0240. The third kappa shape index (κ3) is 3.44. The lowest BCUT2D eigenvalue weighted by Gasteiger charge is -2.04. The number of rotatable bonds is 4. The lowest BCUT2D eigenvalue weighted by Crippen LogP contribution is -2.13. The summed E-state index contributed by atoms with van der Waals surface area (Å²) in [6, 6.07) is 4.18. The third-order valence-electron chi connectivity index (χ3n) is 1.81. The molecule has 0 amide bonds. The maximum atomic E-state index is 13.3. The summed E-state index contributed by atoms with van der Waals surface area (Å²) in [5.74, 6) is -1.54. The maximum Gasteiger partial charge on any atom is 0.156 e. The van der Waals surface area contributed by atoms with Gasteiger partial charge >= 0.3 is 0 Å². The van der Waals surface area contributed by atoms with Crippen LogP contribution in [0.5, 0.6) is 0 Å². The Morgan fingerprint density at radius 2 is 2.07 bits per heavy atom.